The van der Waals surface area contributed by atoms with Crippen LogP contribution in [0.4, 0.5) is 0 Å². The van der Waals surface area contributed by atoms with Gasteiger partial charge in [0.15, 0.2) is 0 Å². The quantitative estimate of drug-likeness (QED) is 0.845. The molecule has 20 heavy (non-hydrogen) atoms. The third-order valence-electron chi connectivity index (χ3n) is 3.08. The standard InChI is InChI=1S/C15H17NO2S2/c1-10-5-4-6-11(7-10)19-9-13-16-12(8-20-13)15(2,3)14(17)18/h4-8H,9H2,1-3H3,(H,17,18). The number of carbonyl (C=O) groups is 1. The van der Waals surface area contributed by atoms with E-state index < -0.39 is 11.4 Å². The lowest BCUT2D eigenvalue weighted by molar-refractivity contribution is -0.142. The van der Waals surface area contributed by atoms with E-state index in [4.69, 9.17) is 0 Å². The summed E-state index contributed by atoms with van der Waals surface area (Å²) in [5.74, 6) is -0.0789. The fourth-order valence-corrected chi connectivity index (χ4v) is 3.62. The number of aromatic nitrogens is 1. The smallest absolute Gasteiger partial charge is 0.315 e. The Kier molecular flexibility index (Phi) is 4.50. The third-order valence-corrected chi connectivity index (χ3v) is 5.12. The molecule has 0 amide bonds. The number of nitrogens with zero attached hydrogens (tertiary/aromatic N) is 1. The monoisotopic (exact) mass is 307 g/mol. The molecule has 0 unspecified atom stereocenters. The van der Waals surface area contributed by atoms with Gasteiger partial charge in [-0.15, -0.1) is 23.1 Å². The van der Waals surface area contributed by atoms with E-state index in [0.29, 0.717) is 5.69 Å². The molecule has 0 bridgehead atoms. The number of carboxylic acid groups (broad SMARTS) is 1. The van der Waals surface area contributed by atoms with Crippen molar-refractivity contribution < 1.29 is 9.90 Å². The highest BCUT2D eigenvalue weighted by molar-refractivity contribution is 7.98. The molecule has 5 heteroatoms. The van der Waals surface area contributed by atoms with Crippen LogP contribution in [-0.2, 0) is 16.0 Å². The van der Waals surface area contributed by atoms with Crippen molar-refractivity contribution in [2.45, 2.75) is 36.8 Å². The van der Waals surface area contributed by atoms with E-state index in [-0.39, 0.29) is 0 Å². The Morgan fingerprint density at radius 2 is 2.20 bits per heavy atom. The van der Waals surface area contributed by atoms with Crippen LogP contribution in [0.1, 0.15) is 30.1 Å². The first-order valence-electron chi connectivity index (χ1n) is 6.27. The van der Waals surface area contributed by atoms with Crippen LogP contribution in [0.2, 0.25) is 0 Å². The fourth-order valence-electron chi connectivity index (χ4n) is 1.62. The van der Waals surface area contributed by atoms with Crippen LogP contribution in [-0.4, -0.2) is 16.1 Å². The number of thiazole rings is 1. The van der Waals surface area contributed by atoms with Gasteiger partial charge >= 0.3 is 5.97 Å². The minimum absolute atomic E-state index is 0.634. The zero-order valence-electron chi connectivity index (χ0n) is 11.7. The molecule has 0 saturated heterocycles. The van der Waals surface area contributed by atoms with E-state index in [1.807, 2.05) is 11.4 Å². The first-order chi connectivity index (χ1) is 9.39. The summed E-state index contributed by atoms with van der Waals surface area (Å²) in [6.07, 6.45) is 0. The van der Waals surface area contributed by atoms with Gasteiger partial charge in [-0.05, 0) is 32.9 Å². The van der Waals surface area contributed by atoms with Gasteiger partial charge < -0.3 is 5.11 Å². The van der Waals surface area contributed by atoms with E-state index in [2.05, 4.69) is 30.1 Å². The Labute approximate surface area is 127 Å². The van der Waals surface area contributed by atoms with E-state index in [1.165, 1.54) is 21.8 Å². The highest BCUT2D eigenvalue weighted by Gasteiger charge is 2.31. The Hall–Kier alpha value is -1.33. The van der Waals surface area contributed by atoms with Crippen LogP contribution >= 0.6 is 23.1 Å². The van der Waals surface area contributed by atoms with Crippen molar-refractivity contribution in [2.24, 2.45) is 0 Å². The maximum atomic E-state index is 11.2. The van der Waals surface area contributed by atoms with Gasteiger partial charge in [-0.1, -0.05) is 17.7 Å². The molecule has 0 spiro atoms. The van der Waals surface area contributed by atoms with E-state index in [1.54, 1.807) is 25.6 Å². The summed E-state index contributed by atoms with van der Waals surface area (Å²) in [5.41, 5.74) is 0.944. The fraction of sp³-hybridized carbons (Fsp3) is 0.333. The molecular formula is C15H17NO2S2. The summed E-state index contributed by atoms with van der Waals surface area (Å²) in [5, 5.41) is 12.0. The van der Waals surface area contributed by atoms with Crippen molar-refractivity contribution in [3.8, 4) is 0 Å². The number of rotatable bonds is 5. The van der Waals surface area contributed by atoms with Crippen LogP contribution in [0.5, 0.6) is 0 Å². The number of hydrogen-bond acceptors (Lipinski definition) is 4. The van der Waals surface area contributed by atoms with Gasteiger partial charge in [0, 0.05) is 10.3 Å². The van der Waals surface area contributed by atoms with Crippen molar-refractivity contribution in [3.05, 3.63) is 45.9 Å². The van der Waals surface area contributed by atoms with Gasteiger partial charge in [0.2, 0.25) is 0 Å². The number of thioether (sulfide) groups is 1. The summed E-state index contributed by atoms with van der Waals surface area (Å²) in [6, 6.07) is 8.33. The summed E-state index contributed by atoms with van der Waals surface area (Å²) in [6.45, 7) is 5.44. The van der Waals surface area contributed by atoms with Crippen LogP contribution < -0.4 is 0 Å². The molecular weight excluding hydrogens is 290 g/mol. The predicted molar refractivity (Wildman–Crippen MR) is 83.5 cm³/mol. The van der Waals surface area contributed by atoms with Crippen LogP contribution in [0.15, 0.2) is 34.5 Å². The highest BCUT2D eigenvalue weighted by atomic mass is 32.2. The lowest BCUT2D eigenvalue weighted by Gasteiger charge is -2.15. The second-order valence-corrected chi connectivity index (χ2v) is 7.15. The number of aliphatic carboxylic acids is 1. The van der Waals surface area contributed by atoms with Gasteiger partial charge in [0.25, 0.3) is 0 Å². The van der Waals surface area contributed by atoms with Gasteiger partial charge in [0.05, 0.1) is 11.4 Å². The van der Waals surface area contributed by atoms with Crippen LogP contribution in [0, 0.1) is 6.92 Å². The Bertz CT molecular complexity index is 620. The number of benzene rings is 1. The molecule has 0 aliphatic heterocycles. The first kappa shape index (κ1) is 15.1. The lowest BCUT2D eigenvalue weighted by atomic mass is 9.90. The molecule has 0 saturated carbocycles. The second-order valence-electron chi connectivity index (χ2n) is 5.16. The molecule has 2 rings (SSSR count). The van der Waals surface area contributed by atoms with Crippen LogP contribution in [0.3, 0.4) is 0 Å². The van der Waals surface area contributed by atoms with Crippen molar-refractivity contribution in [1.29, 1.82) is 0 Å². The number of carboxylic acids is 1. The van der Waals surface area contributed by atoms with Gasteiger partial charge in [-0.3, -0.25) is 4.79 Å². The van der Waals surface area contributed by atoms with Gasteiger partial charge in [0.1, 0.15) is 10.4 Å². The molecule has 106 valence electrons. The maximum Gasteiger partial charge on any atom is 0.315 e. The topological polar surface area (TPSA) is 50.2 Å². The number of hydrogen-bond donors (Lipinski definition) is 1. The molecule has 1 N–H and O–H groups in total. The second kappa shape index (κ2) is 5.97. The Morgan fingerprint density at radius 3 is 2.85 bits per heavy atom. The van der Waals surface area contributed by atoms with Crippen LogP contribution in [0.25, 0.3) is 0 Å². The van der Waals surface area contributed by atoms with E-state index in [0.717, 1.165) is 10.8 Å². The largest absolute Gasteiger partial charge is 0.481 e. The molecule has 1 heterocycles. The van der Waals surface area contributed by atoms with E-state index in [9.17, 15) is 9.90 Å². The van der Waals surface area contributed by atoms with Crippen molar-refractivity contribution >= 4 is 29.1 Å². The Morgan fingerprint density at radius 1 is 1.45 bits per heavy atom. The maximum absolute atomic E-state index is 11.2. The third kappa shape index (κ3) is 3.41. The number of aryl methyl sites for hydroxylation is 1. The van der Waals surface area contributed by atoms with Crippen molar-refractivity contribution in [2.75, 3.05) is 0 Å². The Balaban J connectivity index is 2.05. The molecule has 0 atom stereocenters. The van der Waals surface area contributed by atoms with Crippen molar-refractivity contribution in [1.82, 2.24) is 4.98 Å². The zero-order chi connectivity index (χ0) is 14.8. The van der Waals surface area contributed by atoms with E-state index >= 15 is 0 Å². The van der Waals surface area contributed by atoms with Gasteiger partial charge in [-0.2, -0.15) is 0 Å². The summed E-state index contributed by atoms with van der Waals surface area (Å²) < 4.78 is 0. The lowest BCUT2D eigenvalue weighted by Crippen LogP contribution is -2.28. The summed E-state index contributed by atoms with van der Waals surface area (Å²) >= 11 is 3.24. The predicted octanol–water partition coefficient (Wildman–Crippen LogP) is 4.11. The molecule has 0 aliphatic carbocycles. The zero-order valence-corrected chi connectivity index (χ0v) is 13.3. The van der Waals surface area contributed by atoms with Crippen molar-refractivity contribution in [3.63, 3.8) is 0 Å². The molecule has 0 fully saturated rings. The minimum atomic E-state index is -0.928. The normalized spacial score (nSPS) is 11.6. The summed E-state index contributed by atoms with van der Waals surface area (Å²) in [7, 11) is 0. The molecule has 1 aromatic heterocycles. The molecule has 0 radical (unpaired) electrons. The minimum Gasteiger partial charge on any atom is -0.481 e. The average molecular weight is 307 g/mol. The molecule has 2 aromatic rings. The molecule has 3 nitrogen and oxygen atoms in total. The SMILES string of the molecule is Cc1cccc(SCc2nc(C(C)(C)C(=O)O)cs2)c1. The average Bonchev–Trinajstić information content (AvgIpc) is 2.85. The molecule has 1 aromatic carbocycles. The highest BCUT2D eigenvalue weighted by Crippen LogP contribution is 2.29. The van der Waals surface area contributed by atoms with Gasteiger partial charge in [-0.25, -0.2) is 4.98 Å². The first-order valence-corrected chi connectivity index (χ1v) is 8.14. The summed E-state index contributed by atoms with van der Waals surface area (Å²) in [4.78, 5) is 16.9. The molecule has 0 aliphatic rings.